The quantitative estimate of drug-likeness (QED) is 0.679. The fourth-order valence-corrected chi connectivity index (χ4v) is 3.44. The van der Waals surface area contributed by atoms with Crippen molar-refractivity contribution in [2.24, 2.45) is 0 Å². The van der Waals surface area contributed by atoms with Gasteiger partial charge in [-0.25, -0.2) is 0 Å². The number of hydrogen-bond donors (Lipinski definition) is 0. The summed E-state index contributed by atoms with van der Waals surface area (Å²) in [6.45, 7) is 11.2. The van der Waals surface area contributed by atoms with E-state index in [0.29, 0.717) is 5.56 Å². The van der Waals surface area contributed by atoms with Crippen molar-refractivity contribution in [3.8, 4) is 6.07 Å². The van der Waals surface area contributed by atoms with E-state index in [-0.39, 0.29) is 11.1 Å². The Balaban J connectivity index is 2.52. The molecule has 0 bridgehead atoms. The zero-order chi connectivity index (χ0) is 17.1. The SMILES string of the molecule is CC(C)(C)[Si](C)(C)OC(c1ccccc1)c1ccccc1C#N. The molecular weight excluding hydrogens is 298 g/mol. The fraction of sp³-hybridized carbons (Fsp3) is 0.350. The van der Waals surface area contributed by atoms with Crippen LogP contribution < -0.4 is 0 Å². The van der Waals surface area contributed by atoms with Crippen LogP contribution in [0.4, 0.5) is 0 Å². The molecule has 0 spiro atoms. The highest BCUT2D eigenvalue weighted by molar-refractivity contribution is 6.74. The first kappa shape index (κ1) is 17.5. The Morgan fingerprint density at radius 1 is 0.957 bits per heavy atom. The van der Waals surface area contributed by atoms with Crippen LogP contribution in [0.1, 0.15) is 43.6 Å². The van der Waals surface area contributed by atoms with Gasteiger partial charge in [0.1, 0.15) is 0 Å². The second kappa shape index (κ2) is 6.70. The number of nitrogens with zero attached hydrogens (tertiary/aromatic N) is 1. The van der Waals surface area contributed by atoms with E-state index in [1.807, 2.05) is 42.5 Å². The monoisotopic (exact) mass is 323 g/mol. The molecule has 0 heterocycles. The lowest BCUT2D eigenvalue weighted by molar-refractivity contribution is 0.222. The molecule has 2 nitrogen and oxygen atoms in total. The van der Waals surface area contributed by atoms with E-state index in [1.165, 1.54) is 0 Å². The molecule has 2 aromatic rings. The van der Waals surface area contributed by atoms with E-state index < -0.39 is 8.32 Å². The van der Waals surface area contributed by atoms with Crippen molar-refractivity contribution in [3.05, 3.63) is 71.3 Å². The van der Waals surface area contributed by atoms with Crippen LogP contribution in [0, 0.1) is 11.3 Å². The maximum Gasteiger partial charge on any atom is 0.193 e. The highest BCUT2D eigenvalue weighted by Gasteiger charge is 2.40. The molecule has 0 saturated heterocycles. The Hall–Kier alpha value is -1.89. The van der Waals surface area contributed by atoms with Crippen molar-refractivity contribution in [2.45, 2.75) is 45.0 Å². The molecule has 1 atom stereocenters. The van der Waals surface area contributed by atoms with Gasteiger partial charge in [-0.15, -0.1) is 0 Å². The maximum absolute atomic E-state index is 9.48. The standard InChI is InChI=1S/C20H25NOSi/c1-20(2,3)23(4,5)22-19(16-11-7-6-8-12-16)18-14-10-9-13-17(18)15-21/h6-14,19H,1-5H3. The van der Waals surface area contributed by atoms with Crippen LogP contribution in [0.25, 0.3) is 0 Å². The highest BCUT2D eigenvalue weighted by Crippen LogP contribution is 2.41. The smallest absolute Gasteiger partial charge is 0.193 e. The van der Waals surface area contributed by atoms with Crippen molar-refractivity contribution in [1.29, 1.82) is 5.26 Å². The molecule has 1 unspecified atom stereocenters. The topological polar surface area (TPSA) is 33.0 Å². The van der Waals surface area contributed by atoms with Gasteiger partial charge in [-0.1, -0.05) is 69.3 Å². The van der Waals surface area contributed by atoms with Crippen molar-refractivity contribution in [1.82, 2.24) is 0 Å². The third-order valence-corrected chi connectivity index (χ3v) is 9.12. The van der Waals surface area contributed by atoms with E-state index >= 15 is 0 Å². The number of rotatable bonds is 4. The van der Waals surface area contributed by atoms with Gasteiger partial charge < -0.3 is 4.43 Å². The minimum atomic E-state index is -1.98. The molecule has 0 aromatic heterocycles. The first-order valence-electron chi connectivity index (χ1n) is 7.98. The van der Waals surface area contributed by atoms with Crippen LogP contribution in [0.5, 0.6) is 0 Å². The summed E-state index contributed by atoms with van der Waals surface area (Å²) in [6.07, 6.45) is -0.201. The Morgan fingerprint density at radius 2 is 1.52 bits per heavy atom. The Labute approximate surface area is 140 Å². The van der Waals surface area contributed by atoms with Crippen molar-refractivity contribution in [3.63, 3.8) is 0 Å². The molecule has 0 fully saturated rings. The molecule has 0 aliphatic carbocycles. The average Bonchev–Trinajstić information content (AvgIpc) is 2.52. The molecule has 0 aliphatic rings. The van der Waals surface area contributed by atoms with Gasteiger partial charge in [0.15, 0.2) is 8.32 Å². The summed E-state index contributed by atoms with van der Waals surface area (Å²) in [5.74, 6) is 0. The van der Waals surface area contributed by atoms with Crippen molar-refractivity contribution in [2.75, 3.05) is 0 Å². The molecule has 0 N–H and O–H groups in total. The maximum atomic E-state index is 9.48. The first-order valence-corrected chi connectivity index (χ1v) is 10.9. The van der Waals surface area contributed by atoms with Crippen molar-refractivity contribution >= 4 is 8.32 Å². The zero-order valence-corrected chi connectivity index (χ0v) is 15.6. The number of hydrogen-bond acceptors (Lipinski definition) is 2. The summed E-state index contributed by atoms with van der Waals surface area (Å²) in [5.41, 5.74) is 2.73. The van der Waals surface area contributed by atoms with Gasteiger partial charge >= 0.3 is 0 Å². The Bertz CT molecular complexity index is 696. The van der Waals surface area contributed by atoms with Crippen LogP contribution in [-0.4, -0.2) is 8.32 Å². The third-order valence-electron chi connectivity index (χ3n) is 4.68. The van der Waals surface area contributed by atoms with Gasteiger partial charge in [-0.05, 0) is 29.8 Å². The molecule has 23 heavy (non-hydrogen) atoms. The number of nitriles is 1. The second-order valence-electron chi connectivity index (χ2n) is 7.37. The Morgan fingerprint density at radius 3 is 2.09 bits per heavy atom. The van der Waals surface area contributed by atoms with Crippen LogP contribution in [0.2, 0.25) is 18.1 Å². The lowest BCUT2D eigenvalue weighted by atomic mass is 9.97. The lowest BCUT2D eigenvalue weighted by Crippen LogP contribution is -2.42. The fourth-order valence-electron chi connectivity index (χ4n) is 2.24. The summed E-state index contributed by atoms with van der Waals surface area (Å²) in [7, 11) is -1.98. The van der Waals surface area contributed by atoms with E-state index in [0.717, 1.165) is 11.1 Å². The molecule has 2 rings (SSSR count). The minimum Gasteiger partial charge on any atom is -0.406 e. The van der Waals surface area contributed by atoms with Crippen LogP contribution >= 0.6 is 0 Å². The van der Waals surface area contributed by atoms with Gasteiger partial charge in [0.2, 0.25) is 0 Å². The van der Waals surface area contributed by atoms with E-state index in [2.05, 4.69) is 52.1 Å². The van der Waals surface area contributed by atoms with Crippen molar-refractivity contribution < 1.29 is 4.43 Å². The second-order valence-corrected chi connectivity index (χ2v) is 12.1. The summed E-state index contributed by atoms with van der Waals surface area (Å²) in [5, 5.41) is 9.59. The molecule has 2 aromatic carbocycles. The van der Waals surface area contributed by atoms with Gasteiger partial charge in [0.25, 0.3) is 0 Å². The van der Waals surface area contributed by atoms with Crippen LogP contribution in [0.15, 0.2) is 54.6 Å². The lowest BCUT2D eigenvalue weighted by Gasteiger charge is -2.39. The minimum absolute atomic E-state index is 0.113. The van der Waals surface area contributed by atoms with Gasteiger partial charge in [-0.3, -0.25) is 0 Å². The van der Waals surface area contributed by atoms with Crippen LogP contribution in [0.3, 0.4) is 0 Å². The summed E-state index contributed by atoms with van der Waals surface area (Å²) in [4.78, 5) is 0. The molecule has 0 radical (unpaired) electrons. The normalized spacial score (nSPS) is 13.4. The highest BCUT2D eigenvalue weighted by atomic mass is 28.4. The van der Waals surface area contributed by atoms with Gasteiger partial charge in [0.05, 0.1) is 17.7 Å². The molecule has 3 heteroatoms. The Kier molecular flexibility index (Phi) is 5.08. The number of benzene rings is 2. The van der Waals surface area contributed by atoms with E-state index in [9.17, 15) is 5.26 Å². The largest absolute Gasteiger partial charge is 0.406 e. The molecule has 0 amide bonds. The van der Waals surface area contributed by atoms with Gasteiger partial charge in [0, 0.05) is 5.56 Å². The van der Waals surface area contributed by atoms with Crippen LogP contribution in [-0.2, 0) is 4.43 Å². The van der Waals surface area contributed by atoms with Gasteiger partial charge in [-0.2, -0.15) is 5.26 Å². The average molecular weight is 324 g/mol. The van der Waals surface area contributed by atoms with E-state index in [4.69, 9.17) is 4.43 Å². The third kappa shape index (κ3) is 3.90. The molecular formula is C20H25NOSi. The summed E-state index contributed by atoms with van der Waals surface area (Å²) in [6, 6.07) is 20.2. The zero-order valence-electron chi connectivity index (χ0n) is 14.6. The van der Waals surface area contributed by atoms with E-state index in [1.54, 1.807) is 0 Å². The first-order chi connectivity index (χ1) is 10.8. The summed E-state index contributed by atoms with van der Waals surface area (Å²) < 4.78 is 6.70. The predicted octanol–water partition coefficient (Wildman–Crippen LogP) is 5.67. The summed E-state index contributed by atoms with van der Waals surface area (Å²) >= 11 is 0. The molecule has 0 aliphatic heterocycles. The predicted molar refractivity (Wildman–Crippen MR) is 97.7 cm³/mol. The molecule has 120 valence electrons. The molecule has 0 saturated carbocycles.